The summed E-state index contributed by atoms with van der Waals surface area (Å²) in [5, 5.41) is 2.95. The molecule has 1 amide bonds. The minimum absolute atomic E-state index is 0.116. The molecule has 3 aromatic rings. The van der Waals surface area contributed by atoms with Crippen LogP contribution in [0.15, 0.2) is 67.3 Å². The quantitative estimate of drug-likeness (QED) is 0.729. The molecule has 3 heterocycles. The summed E-state index contributed by atoms with van der Waals surface area (Å²) in [7, 11) is 0. The molecule has 148 valence electrons. The van der Waals surface area contributed by atoms with E-state index in [1.807, 2.05) is 24.4 Å². The van der Waals surface area contributed by atoms with E-state index in [9.17, 15) is 4.79 Å². The normalized spacial score (nSPS) is 14.0. The van der Waals surface area contributed by atoms with Crippen LogP contribution in [0.3, 0.4) is 0 Å². The number of carbonyl (C=O) groups is 1. The summed E-state index contributed by atoms with van der Waals surface area (Å²) >= 11 is 0. The molecule has 6 heteroatoms. The Kier molecular flexibility index (Phi) is 5.70. The lowest BCUT2D eigenvalue weighted by atomic mass is 10.1. The second-order valence-corrected chi connectivity index (χ2v) is 7.28. The van der Waals surface area contributed by atoms with Crippen LogP contribution in [0, 0.1) is 6.92 Å². The Morgan fingerprint density at radius 3 is 2.38 bits per heavy atom. The first kappa shape index (κ1) is 18.9. The Hall–Kier alpha value is -3.41. The maximum absolute atomic E-state index is 12.5. The highest BCUT2D eigenvalue weighted by molar-refractivity contribution is 5.94. The van der Waals surface area contributed by atoms with Gasteiger partial charge in [-0.1, -0.05) is 12.1 Å². The van der Waals surface area contributed by atoms with Crippen molar-refractivity contribution >= 4 is 17.3 Å². The summed E-state index contributed by atoms with van der Waals surface area (Å²) in [6.07, 6.45) is 6.90. The summed E-state index contributed by atoms with van der Waals surface area (Å²) in [6, 6.07) is 14.3. The smallest absolute Gasteiger partial charge is 0.253 e. The van der Waals surface area contributed by atoms with Gasteiger partial charge in [-0.15, -0.1) is 0 Å². The van der Waals surface area contributed by atoms with Gasteiger partial charge in [0.2, 0.25) is 0 Å². The molecule has 0 saturated carbocycles. The zero-order chi connectivity index (χ0) is 20.1. The molecule has 1 N–H and O–H groups in total. The predicted octanol–water partition coefficient (Wildman–Crippen LogP) is 3.04. The van der Waals surface area contributed by atoms with Gasteiger partial charge < -0.3 is 15.1 Å². The molecule has 1 aliphatic heterocycles. The maximum atomic E-state index is 12.5. The number of nitrogens with zero attached hydrogens (tertiary/aromatic N) is 4. The number of pyridine rings is 2. The van der Waals surface area contributed by atoms with Crippen LogP contribution in [-0.2, 0) is 6.54 Å². The molecule has 0 atom stereocenters. The van der Waals surface area contributed by atoms with Crippen molar-refractivity contribution in [1.82, 2.24) is 15.3 Å². The molecular formula is C23H25N5O. The number of benzene rings is 1. The van der Waals surface area contributed by atoms with Crippen molar-refractivity contribution in [3.63, 3.8) is 0 Å². The number of aromatic nitrogens is 2. The fourth-order valence-electron chi connectivity index (χ4n) is 3.56. The third-order valence-electron chi connectivity index (χ3n) is 5.20. The van der Waals surface area contributed by atoms with E-state index in [4.69, 9.17) is 0 Å². The molecule has 0 bridgehead atoms. The van der Waals surface area contributed by atoms with E-state index >= 15 is 0 Å². The topological polar surface area (TPSA) is 61.4 Å². The van der Waals surface area contributed by atoms with Crippen molar-refractivity contribution in [3.05, 3.63) is 83.9 Å². The first-order valence-corrected chi connectivity index (χ1v) is 9.88. The molecule has 6 nitrogen and oxygen atoms in total. The summed E-state index contributed by atoms with van der Waals surface area (Å²) in [6.45, 7) is 6.29. The number of aryl methyl sites for hydroxylation is 1. The maximum Gasteiger partial charge on any atom is 0.253 e. The van der Waals surface area contributed by atoms with E-state index < -0.39 is 0 Å². The Balaban J connectivity index is 1.37. The summed E-state index contributed by atoms with van der Waals surface area (Å²) in [4.78, 5) is 25.5. The van der Waals surface area contributed by atoms with Crippen LogP contribution in [0.4, 0.5) is 11.4 Å². The number of hydrogen-bond donors (Lipinski definition) is 1. The van der Waals surface area contributed by atoms with Gasteiger partial charge >= 0.3 is 0 Å². The molecule has 1 saturated heterocycles. The van der Waals surface area contributed by atoms with Crippen molar-refractivity contribution in [2.45, 2.75) is 13.5 Å². The molecule has 1 fully saturated rings. The zero-order valence-electron chi connectivity index (χ0n) is 16.6. The van der Waals surface area contributed by atoms with Crippen LogP contribution in [0.25, 0.3) is 0 Å². The van der Waals surface area contributed by atoms with Gasteiger partial charge in [0.05, 0.1) is 17.4 Å². The number of amides is 1. The first-order valence-electron chi connectivity index (χ1n) is 9.88. The highest BCUT2D eigenvalue weighted by atomic mass is 16.1. The second-order valence-electron chi connectivity index (χ2n) is 7.28. The molecule has 0 unspecified atom stereocenters. The van der Waals surface area contributed by atoms with Crippen LogP contribution in [0.2, 0.25) is 0 Å². The van der Waals surface area contributed by atoms with Gasteiger partial charge in [0.25, 0.3) is 5.91 Å². The van der Waals surface area contributed by atoms with Gasteiger partial charge in [-0.25, -0.2) is 0 Å². The van der Waals surface area contributed by atoms with Gasteiger partial charge in [-0.3, -0.25) is 14.8 Å². The molecule has 0 aliphatic carbocycles. The lowest BCUT2D eigenvalue weighted by molar-refractivity contribution is 0.0950. The fraction of sp³-hybridized carbons (Fsp3) is 0.261. The fourth-order valence-corrected chi connectivity index (χ4v) is 3.56. The monoisotopic (exact) mass is 387 g/mol. The van der Waals surface area contributed by atoms with Crippen molar-refractivity contribution in [3.8, 4) is 0 Å². The third-order valence-corrected chi connectivity index (χ3v) is 5.20. The first-order chi connectivity index (χ1) is 14.2. The third kappa shape index (κ3) is 4.71. The number of hydrogen-bond acceptors (Lipinski definition) is 5. The van der Waals surface area contributed by atoms with Crippen molar-refractivity contribution in [2.24, 2.45) is 0 Å². The number of nitrogens with one attached hydrogen (secondary N) is 1. The lowest BCUT2D eigenvalue weighted by Gasteiger charge is -2.37. The van der Waals surface area contributed by atoms with Crippen LogP contribution < -0.4 is 15.1 Å². The minimum atomic E-state index is -0.116. The number of anilines is 2. The molecule has 29 heavy (non-hydrogen) atoms. The Bertz CT molecular complexity index is 968. The van der Waals surface area contributed by atoms with Crippen LogP contribution in [-0.4, -0.2) is 42.1 Å². The van der Waals surface area contributed by atoms with E-state index in [1.54, 1.807) is 18.6 Å². The van der Waals surface area contributed by atoms with E-state index in [-0.39, 0.29) is 5.91 Å². The molecule has 2 aromatic heterocycles. The van der Waals surface area contributed by atoms with E-state index in [0.29, 0.717) is 12.1 Å². The van der Waals surface area contributed by atoms with E-state index in [0.717, 1.165) is 37.4 Å². The SMILES string of the molecule is Cc1cccc(N2CCN(c3cncc(C(=O)NCc4ccncc4)c3)CC2)c1. The number of rotatable bonds is 5. The molecule has 0 radical (unpaired) electrons. The average Bonchev–Trinajstić information content (AvgIpc) is 2.78. The van der Waals surface area contributed by atoms with Crippen molar-refractivity contribution in [2.75, 3.05) is 36.0 Å². The van der Waals surface area contributed by atoms with Crippen LogP contribution in [0.1, 0.15) is 21.5 Å². The number of carbonyl (C=O) groups excluding carboxylic acids is 1. The highest BCUT2D eigenvalue weighted by Gasteiger charge is 2.19. The Labute approximate surface area is 171 Å². The van der Waals surface area contributed by atoms with Crippen molar-refractivity contribution < 1.29 is 4.79 Å². The van der Waals surface area contributed by atoms with Gasteiger partial charge in [0.1, 0.15) is 0 Å². The Morgan fingerprint density at radius 2 is 1.66 bits per heavy atom. The van der Waals surface area contributed by atoms with Gasteiger partial charge in [-0.2, -0.15) is 0 Å². The Morgan fingerprint density at radius 1 is 0.931 bits per heavy atom. The average molecular weight is 387 g/mol. The molecule has 1 aliphatic rings. The number of piperazine rings is 1. The standard InChI is InChI=1S/C23H25N5O/c1-18-3-2-4-21(13-18)27-9-11-28(12-10-27)22-14-20(16-25-17-22)23(29)26-15-19-5-7-24-8-6-19/h2-8,13-14,16-17H,9-12,15H2,1H3,(H,26,29). The highest BCUT2D eigenvalue weighted by Crippen LogP contribution is 2.21. The predicted molar refractivity (Wildman–Crippen MR) is 115 cm³/mol. The van der Waals surface area contributed by atoms with Crippen LogP contribution >= 0.6 is 0 Å². The van der Waals surface area contributed by atoms with E-state index in [1.165, 1.54) is 11.3 Å². The van der Waals surface area contributed by atoms with E-state index in [2.05, 4.69) is 56.3 Å². The largest absolute Gasteiger partial charge is 0.368 e. The minimum Gasteiger partial charge on any atom is -0.368 e. The zero-order valence-corrected chi connectivity index (χ0v) is 16.6. The summed E-state index contributed by atoms with van der Waals surface area (Å²) < 4.78 is 0. The van der Waals surface area contributed by atoms with Gasteiger partial charge in [0, 0.05) is 57.0 Å². The molecule has 1 aromatic carbocycles. The summed E-state index contributed by atoms with van der Waals surface area (Å²) in [5.74, 6) is -0.116. The van der Waals surface area contributed by atoms with Gasteiger partial charge in [0.15, 0.2) is 0 Å². The van der Waals surface area contributed by atoms with Gasteiger partial charge in [-0.05, 0) is 48.4 Å². The summed E-state index contributed by atoms with van der Waals surface area (Å²) in [5.41, 5.74) is 5.14. The second kappa shape index (κ2) is 8.73. The van der Waals surface area contributed by atoms with Crippen molar-refractivity contribution in [1.29, 1.82) is 0 Å². The molecular weight excluding hydrogens is 362 g/mol. The van der Waals surface area contributed by atoms with Crippen LogP contribution in [0.5, 0.6) is 0 Å². The molecule has 0 spiro atoms. The molecule has 4 rings (SSSR count). The lowest BCUT2D eigenvalue weighted by Crippen LogP contribution is -2.46.